The van der Waals surface area contributed by atoms with Crippen molar-refractivity contribution in [3.8, 4) is 0 Å². The zero-order valence-electron chi connectivity index (χ0n) is 14.1. The Morgan fingerprint density at radius 1 is 0.840 bits per heavy atom. The Morgan fingerprint density at radius 3 is 1.32 bits per heavy atom. The number of esters is 2. The van der Waals surface area contributed by atoms with E-state index < -0.39 is 18.1 Å². The van der Waals surface area contributed by atoms with Crippen LogP contribution in [0.25, 0.3) is 0 Å². The van der Waals surface area contributed by atoms with Crippen LogP contribution in [0.2, 0.25) is 0 Å². The molecule has 144 valence electrons. The Labute approximate surface area is 145 Å². The third-order valence-corrected chi connectivity index (χ3v) is 1.57. The van der Waals surface area contributed by atoms with E-state index in [0.29, 0.717) is 13.2 Å². The van der Waals surface area contributed by atoms with Crippen molar-refractivity contribution in [2.45, 2.75) is 13.8 Å². The van der Waals surface area contributed by atoms with E-state index in [1.165, 1.54) is 13.8 Å². The van der Waals surface area contributed by atoms with Crippen molar-refractivity contribution in [1.82, 2.24) is 0 Å². The lowest BCUT2D eigenvalue weighted by molar-refractivity contribution is -0.136. The summed E-state index contributed by atoms with van der Waals surface area (Å²) in [6.07, 6.45) is 0.107. The molecule has 0 saturated carbocycles. The molecule has 0 amide bonds. The first kappa shape index (κ1) is 27.2. The van der Waals surface area contributed by atoms with Crippen LogP contribution in [-0.2, 0) is 23.8 Å². The van der Waals surface area contributed by atoms with Crippen LogP contribution in [0, 0.1) is 0 Å². The topological polar surface area (TPSA) is 160 Å². The molecule has 0 aliphatic carbocycles. The summed E-state index contributed by atoms with van der Waals surface area (Å²) >= 11 is 0. The number of rotatable bonds is 8. The fourth-order valence-corrected chi connectivity index (χ4v) is 0.611. The van der Waals surface area contributed by atoms with Gasteiger partial charge in [-0.15, -0.1) is 0 Å². The zero-order valence-corrected chi connectivity index (χ0v) is 14.1. The van der Waals surface area contributed by atoms with Crippen LogP contribution in [0.1, 0.15) is 13.8 Å². The lowest BCUT2D eigenvalue weighted by Crippen LogP contribution is -2.03. The van der Waals surface area contributed by atoms with Gasteiger partial charge in [0.1, 0.15) is 12.5 Å². The zero-order chi connectivity index (χ0) is 20.3. The third kappa shape index (κ3) is 29.9. The number of carbonyl (C=O) groups excluding carboxylic acids is 2. The predicted octanol–water partition coefficient (Wildman–Crippen LogP) is 0.906. The lowest BCUT2D eigenvalue weighted by Gasteiger charge is -1.97. The quantitative estimate of drug-likeness (QED) is 0.211. The average Bonchev–Trinajstić information content (AvgIpc) is 2.51. The standard InChI is InChI=1S/C10H12O4.C4H10O3.CH2O3/c1-7(2)9(11)13-5-6-14-10(12)8(3)4;5-1-3-7-4-2-6;2-1(3)4/h5-6H,1,3H2,2,4H3;5-6H,1-4H2;(H2,2,3,4). The third-order valence-electron chi connectivity index (χ3n) is 1.57. The molecule has 0 fully saturated rings. The molecule has 0 bridgehead atoms. The molecular weight excluding hydrogens is 340 g/mol. The van der Waals surface area contributed by atoms with E-state index in [1.807, 2.05) is 0 Å². The maximum absolute atomic E-state index is 10.8. The lowest BCUT2D eigenvalue weighted by atomic mass is 10.4. The normalized spacial score (nSPS) is 8.96. The summed E-state index contributed by atoms with van der Waals surface area (Å²) < 4.78 is 13.6. The van der Waals surface area contributed by atoms with Crippen LogP contribution in [0.4, 0.5) is 4.79 Å². The Morgan fingerprint density at radius 2 is 1.12 bits per heavy atom. The molecule has 0 rings (SSSR count). The number of aliphatic hydroxyl groups is 2. The second kappa shape index (κ2) is 19.4. The van der Waals surface area contributed by atoms with Gasteiger partial charge in [-0.05, 0) is 13.8 Å². The highest BCUT2D eigenvalue weighted by molar-refractivity contribution is 5.88. The minimum atomic E-state index is -1.83. The van der Waals surface area contributed by atoms with Crippen LogP contribution in [0.5, 0.6) is 0 Å². The van der Waals surface area contributed by atoms with Crippen LogP contribution in [0.3, 0.4) is 0 Å². The van der Waals surface area contributed by atoms with E-state index in [-0.39, 0.29) is 24.4 Å². The number of aliphatic hydroxyl groups excluding tert-OH is 2. The van der Waals surface area contributed by atoms with Crippen molar-refractivity contribution in [3.05, 3.63) is 36.8 Å². The Hall–Kier alpha value is -2.69. The summed E-state index contributed by atoms with van der Waals surface area (Å²) in [5, 5.41) is 30.1. The number of hydrogen-bond donors (Lipinski definition) is 4. The minimum absolute atomic E-state index is 0.0278. The number of carboxylic acid groups (broad SMARTS) is 2. The van der Waals surface area contributed by atoms with Crippen molar-refractivity contribution in [3.63, 3.8) is 0 Å². The maximum atomic E-state index is 10.8. The smallest absolute Gasteiger partial charge is 0.450 e. The van der Waals surface area contributed by atoms with Crippen molar-refractivity contribution >= 4 is 18.1 Å². The molecule has 10 nitrogen and oxygen atoms in total. The second-order valence-electron chi connectivity index (χ2n) is 3.99. The van der Waals surface area contributed by atoms with E-state index >= 15 is 0 Å². The van der Waals surface area contributed by atoms with E-state index in [9.17, 15) is 9.59 Å². The Bertz CT molecular complexity index is 415. The summed E-state index contributed by atoms with van der Waals surface area (Å²) in [7, 11) is 0. The van der Waals surface area contributed by atoms with E-state index in [1.54, 1.807) is 0 Å². The monoisotopic (exact) mass is 364 g/mol. The summed E-state index contributed by atoms with van der Waals surface area (Å²) in [6.45, 7) is 10.4. The van der Waals surface area contributed by atoms with E-state index in [2.05, 4.69) is 27.4 Å². The van der Waals surface area contributed by atoms with E-state index in [4.69, 9.17) is 25.2 Å². The molecule has 0 spiro atoms. The SMILES string of the molecule is C=C(C)C(=O)OC=COC(=O)C(=C)C.O=C(O)O.OCCOCCO. The molecule has 0 unspecified atom stereocenters. The van der Waals surface area contributed by atoms with Gasteiger partial charge in [-0.1, -0.05) is 13.2 Å². The van der Waals surface area contributed by atoms with Crippen molar-refractivity contribution < 1.29 is 49.0 Å². The molecule has 0 radical (unpaired) electrons. The molecule has 4 N–H and O–H groups in total. The first-order chi connectivity index (χ1) is 11.6. The van der Waals surface area contributed by atoms with Crippen molar-refractivity contribution in [2.75, 3.05) is 26.4 Å². The molecule has 0 aromatic heterocycles. The summed E-state index contributed by atoms with van der Waals surface area (Å²) in [5.74, 6) is -1.15. The van der Waals surface area contributed by atoms with Crippen LogP contribution < -0.4 is 0 Å². The van der Waals surface area contributed by atoms with Crippen LogP contribution in [-0.4, -0.2) is 64.9 Å². The summed E-state index contributed by atoms with van der Waals surface area (Å²) in [4.78, 5) is 30.1. The van der Waals surface area contributed by atoms with Gasteiger partial charge >= 0.3 is 18.1 Å². The molecule has 25 heavy (non-hydrogen) atoms. The van der Waals surface area contributed by atoms with E-state index in [0.717, 1.165) is 12.5 Å². The average molecular weight is 364 g/mol. The molecule has 0 heterocycles. The fraction of sp³-hybridized carbons (Fsp3) is 0.400. The van der Waals surface area contributed by atoms with Crippen LogP contribution in [0.15, 0.2) is 36.8 Å². The number of hydrogen-bond acceptors (Lipinski definition) is 8. The first-order valence-electron chi connectivity index (χ1n) is 6.69. The van der Waals surface area contributed by atoms with Crippen LogP contribution >= 0.6 is 0 Å². The van der Waals surface area contributed by atoms with Gasteiger partial charge in [0.15, 0.2) is 0 Å². The molecule has 0 aliphatic heterocycles. The number of ether oxygens (including phenoxy) is 3. The summed E-state index contributed by atoms with van der Waals surface area (Å²) in [5.41, 5.74) is 0.529. The first-order valence-corrected chi connectivity index (χ1v) is 6.69. The molecular formula is C15H24O10. The fourth-order valence-electron chi connectivity index (χ4n) is 0.611. The van der Waals surface area contributed by atoms with Crippen molar-refractivity contribution in [2.24, 2.45) is 0 Å². The van der Waals surface area contributed by atoms with Gasteiger partial charge in [0, 0.05) is 11.1 Å². The molecule has 10 heteroatoms. The van der Waals surface area contributed by atoms with Gasteiger partial charge in [-0.3, -0.25) is 0 Å². The second-order valence-corrected chi connectivity index (χ2v) is 3.99. The molecule has 0 aromatic carbocycles. The maximum Gasteiger partial charge on any atom is 0.503 e. The molecule has 0 atom stereocenters. The largest absolute Gasteiger partial charge is 0.503 e. The van der Waals surface area contributed by atoms with Crippen molar-refractivity contribution in [1.29, 1.82) is 0 Å². The number of carbonyl (C=O) groups is 3. The minimum Gasteiger partial charge on any atom is -0.450 e. The molecule has 0 saturated heterocycles. The van der Waals surface area contributed by atoms with Gasteiger partial charge in [-0.25, -0.2) is 14.4 Å². The van der Waals surface area contributed by atoms with Gasteiger partial charge in [0.05, 0.1) is 26.4 Å². The Kier molecular flexibility index (Phi) is 21.0. The highest BCUT2D eigenvalue weighted by Crippen LogP contribution is 1.95. The highest BCUT2D eigenvalue weighted by Gasteiger charge is 2.01. The van der Waals surface area contributed by atoms with Gasteiger partial charge < -0.3 is 34.6 Å². The predicted molar refractivity (Wildman–Crippen MR) is 86.6 cm³/mol. The van der Waals surface area contributed by atoms with Gasteiger partial charge in [0.25, 0.3) is 0 Å². The Balaban J connectivity index is -0.000000365. The molecule has 0 aromatic rings. The van der Waals surface area contributed by atoms with Gasteiger partial charge in [0.2, 0.25) is 0 Å². The summed E-state index contributed by atoms with van der Waals surface area (Å²) in [6, 6.07) is 0. The highest BCUT2D eigenvalue weighted by atomic mass is 16.6. The molecule has 0 aliphatic rings. The van der Waals surface area contributed by atoms with Gasteiger partial charge in [-0.2, -0.15) is 0 Å².